The van der Waals surface area contributed by atoms with Gasteiger partial charge in [-0.3, -0.25) is 14.2 Å². The molecule has 2 amide bonds. The number of nitrogens with one attached hydrogen (secondary N) is 1. The molecule has 3 atom stereocenters. The number of nitrogens with two attached hydrogens (primary N) is 1. The van der Waals surface area contributed by atoms with Crippen LogP contribution >= 0.6 is 11.6 Å². The summed E-state index contributed by atoms with van der Waals surface area (Å²) in [5, 5.41) is 3.71. The van der Waals surface area contributed by atoms with Crippen LogP contribution in [0.5, 0.6) is 0 Å². The maximum absolute atomic E-state index is 14.4. The van der Waals surface area contributed by atoms with Crippen LogP contribution in [0.2, 0.25) is 5.02 Å². The molecule has 0 aliphatic carbocycles. The van der Waals surface area contributed by atoms with Crippen molar-refractivity contribution in [3.8, 4) is 0 Å². The van der Waals surface area contributed by atoms with Crippen LogP contribution in [0.15, 0.2) is 77.6 Å². The molecule has 1 heterocycles. The van der Waals surface area contributed by atoms with Gasteiger partial charge in [0.25, 0.3) is 11.5 Å². The van der Waals surface area contributed by atoms with Crippen molar-refractivity contribution >= 4 is 34.5 Å². The Morgan fingerprint density at radius 3 is 2.25 bits per heavy atom. The fraction of sp³-hybridized carbons (Fsp3) is 0.450. The first-order chi connectivity index (χ1) is 24.3. The average molecular weight is 718 g/mol. The summed E-state index contributed by atoms with van der Waals surface area (Å²) in [6.45, 7) is 14.9. The highest BCUT2D eigenvalue weighted by Gasteiger charge is 2.33. The van der Waals surface area contributed by atoms with Crippen molar-refractivity contribution < 1.29 is 19.1 Å². The van der Waals surface area contributed by atoms with E-state index in [1.807, 2.05) is 90.9 Å². The summed E-state index contributed by atoms with van der Waals surface area (Å²) >= 11 is 6.37. The number of hydrogen-bond donors (Lipinski definition) is 2. The van der Waals surface area contributed by atoms with Crippen LogP contribution in [0, 0.1) is 24.7 Å². The number of carbonyl (C=O) groups is 2. The van der Waals surface area contributed by atoms with Gasteiger partial charge in [0, 0.05) is 35.6 Å². The third kappa shape index (κ3) is 10.6. The lowest BCUT2D eigenvalue weighted by molar-refractivity contribution is -0.133. The highest BCUT2D eigenvalue weighted by Crippen LogP contribution is 2.31. The summed E-state index contributed by atoms with van der Waals surface area (Å²) in [6.07, 6.45) is -0.967. The second kappa shape index (κ2) is 18.3. The summed E-state index contributed by atoms with van der Waals surface area (Å²) in [4.78, 5) is 48.3. The van der Waals surface area contributed by atoms with Crippen molar-refractivity contribution in [1.82, 2.24) is 19.8 Å². The molecule has 274 valence electrons. The van der Waals surface area contributed by atoms with Crippen molar-refractivity contribution in [2.45, 2.75) is 79.8 Å². The van der Waals surface area contributed by atoms with Crippen molar-refractivity contribution in [2.24, 2.45) is 23.5 Å². The van der Waals surface area contributed by atoms with Gasteiger partial charge in [0.05, 0.1) is 30.1 Å². The number of rotatable bonds is 16. The number of carbonyl (C=O) groups excluding carboxylic acids is 2. The summed E-state index contributed by atoms with van der Waals surface area (Å²) in [5.74, 6) is 0.240. The molecule has 0 aliphatic heterocycles. The smallest absolute Gasteiger partial charge is 0.409 e. The van der Waals surface area contributed by atoms with Crippen molar-refractivity contribution in [2.75, 3.05) is 19.7 Å². The van der Waals surface area contributed by atoms with Gasteiger partial charge in [-0.1, -0.05) is 101 Å². The van der Waals surface area contributed by atoms with Gasteiger partial charge in [0.1, 0.15) is 5.82 Å². The first-order valence-electron chi connectivity index (χ1n) is 17.7. The van der Waals surface area contributed by atoms with Crippen LogP contribution in [0.3, 0.4) is 0 Å². The minimum atomic E-state index is -0.756. The molecule has 4 aromatic rings. The molecule has 4 rings (SSSR count). The Labute approximate surface area is 306 Å². The first-order valence-corrected chi connectivity index (χ1v) is 18.1. The Morgan fingerprint density at radius 2 is 1.63 bits per heavy atom. The molecule has 0 spiro atoms. The highest BCUT2D eigenvalue weighted by atomic mass is 35.5. The fourth-order valence-electron chi connectivity index (χ4n) is 5.73. The molecular weight excluding hydrogens is 666 g/mol. The van der Waals surface area contributed by atoms with E-state index >= 15 is 0 Å². The number of hydrogen-bond acceptors (Lipinski definition) is 7. The number of nitrogens with zero attached hydrogens (tertiary/aromatic N) is 3. The van der Waals surface area contributed by atoms with E-state index in [1.54, 1.807) is 39.8 Å². The van der Waals surface area contributed by atoms with E-state index in [4.69, 9.17) is 31.8 Å². The van der Waals surface area contributed by atoms with Gasteiger partial charge in [-0.2, -0.15) is 0 Å². The zero-order valence-corrected chi connectivity index (χ0v) is 31.5. The van der Waals surface area contributed by atoms with Gasteiger partial charge in [-0.15, -0.1) is 0 Å². The summed E-state index contributed by atoms with van der Waals surface area (Å²) < 4.78 is 13.1. The van der Waals surface area contributed by atoms with E-state index in [0.717, 1.165) is 11.1 Å². The number of alkyl carbamates (subject to hydrolysis) is 1. The Morgan fingerprint density at radius 1 is 0.941 bits per heavy atom. The van der Waals surface area contributed by atoms with Crippen LogP contribution in [0.1, 0.15) is 81.3 Å². The van der Waals surface area contributed by atoms with Crippen molar-refractivity contribution in [3.05, 3.63) is 111 Å². The molecule has 11 heteroatoms. The number of benzene rings is 3. The molecule has 1 unspecified atom stereocenters. The maximum atomic E-state index is 14.4. The van der Waals surface area contributed by atoms with E-state index in [9.17, 15) is 14.4 Å². The van der Waals surface area contributed by atoms with Gasteiger partial charge in [0.2, 0.25) is 6.29 Å². The number of aromatic nitrogens is 2. The van der Waals surface area contributed by atoms with Gasteiger partial charge < -0.3 is 25.4 Å². The lowest BCUT2D eigenvalue weighted by atomic mass is 9.98. The third-order valence-corrected chi connectivity index (χ3v) is 9.08. The second-order valence-electron chi connectivity index (χ2n) is 14.1. The predicted molar refractivity (Wildman–Crippen MR) is 203 cm³/mol. The molecule has 10 nitrogen and oxygen atoms in total. The summed E-state index contributed by atoms with van der Waals surface area (Å²) in [7, 11) is 0. The minimum absolute atomic E-state index is 0.0812. The summed E-state index contributed by atoms with van der Waals surface area (Å²) in [6, 6.07) is 21.4. The zero-order chi connectivity index (χ0) is 37.2. The standard InChI is InChI=1S/C40H52ClN5O5/c1-25(2)33(42)24-50-39(27(5)6)51-40(49)43-20-11-21-45(37(47)30-16-14-28(7)15-17-30)35(26(3)4)36-44-34-22-31(41)18-19-32(34)38(48)46(36)23-29-12-9-8-10-13-29/h8-10,12-19,22,25-27,33,35,39H,11,20-21,23-24,42H2,1-7H3,(H,43,49)/t33-,35-,39?/m1/s1. The molecule has 0 fully saturated rings. The Kier molecular flexibility index (Phi) is 14.2. The molecule has 0 bridgehead atoms. The van der Waals surface area contributed by atoms with Crippen LogP contribution in [-0.2, 0) is 16.0 Å². The van der Waals surface area contributed by atoms with E-state index in [1.165, 1.54) is 0 Å². The molecule has 0 saturated carbocycles. The molecule has 51 heavy (non-hydrogen) atoms. The van der Waals surface area contributed by atoms with Gasteiger partial charge in [-0.05, 0) is 61.1 Å². The largest absolute Gasteiger partial charge is 0.419 e. The fourth-order valence-corrected chi connectivity index (χ4v) is 5.90. The molecule has 0 saturated heterocycles. The first kappa shape index (κ1) is 39.5. The van der Waals surface area contributed by atoms with Gasteiger partial charge in [-0.25, -0.2) is 9.78 Å². The molecule has 3 N–H and O–H groups in total. The molecular formula is C40H52ClN5O5. The number of fused-ring (bicyclic) bond motifs is 1. The van der Waals surface area contributed by atoms with Crippen LogP contribution in [-0.4, -0.2) is 58.5 Å². The Balaban J connectivity index is 1.66. The van der Waals surface area contributed by atoms with E-state index < -0.39 is 18.4 Å². The van der Waals surface area contributed by atoms with Gasteiger partial charge >= 0.3 is 6.09 Å². The Hall–Kier alpha value is -4.25. The third-order valence-electron chi connectivity index (χ3n) is 8.84. The zero-order valence-electron chi connectivity index (χ0n) is 30.8. The van der Waals surface area contributed by atoms with Crippen LogP contribution in [0.25, 0.3) is 10.9 Å². The highest BCUT2D eigenvalue weighted by molar-refractivity contribution is 6.31. The lowest BCUT2D eigenvalue weighted by Gasteiger charge is -2.35. The minimum Gasteiger partial charge on any atom is -0.419 e. The molecule has 1 aromatic heterocycles. The summed E-state index contributed by atoms with van der Waals surface area (Å²) in [5.41, 5.74) is 8.83. The van der Waals surface area contributed by atoms with Crippen molar-refractivity contribution in [3.63, 3.8) is 0 Å². The van der Waals surface area contributed by atoms with E-state index in [0.29, 0.717) is 33.7 Å². The van der Waals surface area contributed by atoms with Crippen LogP contribution in [0.4, 0.5) is 4.79 Å². The molecule has 0 aliphatic rings. The molecule has 0 radical (unpaired) electrons. The molecule has 3 aromatic carbocycles. The number of halogens is 1. The maximum Gasteiger partial charge on any atom is 0.409 e. The Bertz CT molecular complexity index is 1810. The van der Waals surface area contributed by atoms with E-state index in [2.05, 4.69) is 5.32 Å². The topological polar surface area (TPSA) is 129 Å². The number of aryl methyl sites for hydroxylation is 1. The predicted octanol–water partition coefficient (Wildman–Crippen LogP) is 7.34. The van der Waals surface area contributed by atoms with Crippen LogP contribution < -0.4 is 16.6 Å². The van der Waals surface area contributed by atoms with Crippen molar-refractivity contribution in [1.29, 1.82) is 0 Å². The lowest BCUT2D eigenvalue weighted by Crippen LogP contribution is -2.43. The average Bonchev–Trinajstić information content (AvgIpc) is 3.09. The quantitative estimate of drug-likeness (QED) is 0.0917. The number of ether oxygens (including phenoxy) is 2. The van der Waals surface area contributed by atoms with Gasteiger partial charge in [0.15, 0.2) is 0 Å². The second-order valence-corrected chi connectivity index (χ2v) is 14.5. The monoisotopic (exact) mass is 717 g/mol. The normalized spacial score (nSPS) is 13.4. The number of amides is 2. The SMILES string of the molecule is Cc1ccc(C(=O)N(CCCNC(=O)OC(OC[C@@H](N)C(C)C)C(C)C)[C@@H](c2nc3cc(Cl)ccc3c(=O)n2Cc2ccccc2)C(C)C)cc1. The van der Waals surface area contributed by atoms with E-state index in [-0.39, 0.29) is 61.5 Å².